The van der Waals surface area contributed by atoms with Crippen LogP contribution in [-0.4, -0.2) is 15.0 Å². The van der Waals surface area contributed by atoms with Gasteiger partial charge in [-0.05, 0) is 117 Å². The highest BCUT2D eigenvalue weighted by atomic mass is 32.1. The van der Waals surface area contributed by atoms with Crippen molar-refractivity contribution in [3.8, 4) is 66.8 Å². The number of thiazole rings is 1. The third-order valence-corrected chi connectivity index (χ3v) is 9.70. The minimum atomic E-state index is 0.895. The molecule has 0 aliphatic rings. The first-order valence-corrected chi connectivity index (χ1v) is 16.7. The minimum Gasteiger partial charge on any atom is -0.264 e. The fraction of sp³-hybridized carbons (Fsp3) is 0.0465. The molecule has 0 saturated heterocycles. The zero-order valence-corrected chi connectivity index (χ0v) is 26.8. The average Bonchev–Trinajstić information content (AvgIpc) is 3.59. The first kappa shape index (κ1) is 28.7. The van der Waals surface area contributed by atoms with Crippen LogP contribution in [0.25, 0.3) is 77.0 Å². The van der Waals surface area contributed by atoms with Crippen molar-refractivity contribution in [3.63, 3.8) is 0 Å². The highest BCUT2D eigenvalue weighted by Crippen LogP contribution is 2.41. The SMILES string of the molecule is CCc1nc2c(-c3cc(-c4cccnc4)cc(-c4cccnc4)c3)cc(-c3cc(-c4ccccc4)cc(-c4ccccc4)c3)cc2s1. The fourth-order valence-corrected chi connectivity index (χ4v) is 7.16. The van der Waals surface area contributed by atoms with E-state index in [0.717, 1.165) is 50.3 Å². The Kier molecular flexibility index (Phi) is 7.70. The van der Waals surface area contributed by atoms with Gasteiger partial charge in [-0.25, -0.2) is 4.98 Å². The summed E-state index contributed by atoms with van der Waals surface area (Å²) in [7, 11) is 0. The van der Waals surface area contributed by atoms with Crippen LogP contribution in [0.4, 0.5) is 0 Å². The van der Waals surface area contributed by atoms with Crippen LogP contribution in [0.2, 0.25) is 0 Å². The van der Waals surface area contributed by atoms with Crippen molar-refractivity contribution in [3.05, 3.63) is 163 Å². The van der Waals surface area contributed by atoms with Gasteiger partial charge in [-0.1, -0.05) is 79.7 Å². The molecule has 8 aromatic rings. The van der Waals surface area contributed by atoms with Gasteiger partial charge in [0.15, 0.2) is 0 Å². The van der Waals surface area contributed by atoms with E-state index >= 15 is 0 Å². The third kappa shape index (κ3) is 5.87. The van der Waals surface area contributed by atoms with Crippen LogP contribution in [-0.2, 0) is 6.42 Å². The van der Waals surface area contributed by atoms with Crippen molar-refractivity contribution in [2.75, 3.05) is 0 Å². The normalized spacial score (nSPS) is 11.2. The van der Waals surface area contributed by atoms with Gasteiger partial charge in [-0.15, -0.1) is 11.3 Å². The number of hydrogen-bond acceptors (Lipinski definition) is 4. The van der Waals surface area contributed by atoms with Gasteiger partial charge in [0.05, 0.1) is 15.2 Å². The van der Waals surface area contributed by atoms with E-state index in [1.165, 1.54) is 38.1 Å². The number of benzene rings is 5. The van der Waals surface area contributed by atoms with Crippen molar-refractivity contribution >= 4 is 21.6 Å². The van der Waals surface area contributed by atoms with E-state index in [1.54, 1.807) is 11.3 Å². The first-order valence-electron chi connectivity index (χ1n) is 15.9. The summed E-state index contributed by atoms with van der Waals surface area (Å²) in [5.41, 5.74) is 14.8. The number of aryl methyl sites for hydroxylation is 1. The monoisotopic (exact) mass is 621 g/mol. The first-order chi connectivity index (χ1) is 23.2. The summed E-state index contributed by atoms with van der Waals surface area (Å²) in [5.74, 6) is 0. The molecule has 3 aromatic heterocycles. The van der Waals surface area contributed by atoms with E-state index in [2.05, 4.69) is 138 Å². The Balaban J connectivity index is 1.38. The second-order valence-corrected chi connectivity index (χ2v) is 12.8. The minimum absolute atomic E-state index is 0.895. The molecule has 0 saturated carbocycles. The van der Waals surface area contributed by atoms with Crippen LogP contribution < -0.4 is 0 Å². The van der Waals surface area contributed by atoms with Crippen LogP contribution >= 0.6 is 11.3 Å². The summed E-state index contributed by atoms with van der Waals surface area (Å²) in [6, 6.07) is 47.9. The predicted molar refractivity (Wildman–Crippen MR) is 197 cm³/mol. The highest BCUT2D eigenvalue weighted by molar-refractivity contribution is 7.18. The molecule has 0 spiro atoms. The largest absolute Gasteiger partial charge is 0.264 e. The molecule has 5 aromatic carbocycles. The van der Waals surface area contributed by atoms with Gasteiger partial charge in [-0.3, -0.25) is 9.97 Å². The van der Waals surface area contributed by atoms with Crippen LogP contribution in [0.3, 0.4) is 0 Å². The molecule has 0 fully saturated rings. The van der Waals surface area contributed by atoms with E-state index in [1.807, 2.05) is 36.9 Å². The molecule has 0 radical (unpaired) electrons. The van der Waals surface area contributed by atoms with E-state index in [9.17, 15) is 0 Å². The Morgan fingerprint density at radius 3 is 1.38 bits per heavy atom. The number of aromatic nitrogens is 3. The second kappa shape index (κ2) is 12.6. The van der Waals surface area contributed by atoms with Gasteiger partial charge in [0.1, 0.15) is 0 Å². The smallest absolute Gasteiger partial charge is 0.0936 e. The summed E-state index contributed by atoms with van der Waals surface area (Å²) in [4.78, 5) is 14.0. The molecule has 0 bridgehead atoms. The Bertz CT molecular complexity index is 2200. The second-order valence-electron chi connectivity index (χ2n) is 11.6. The number of rotatable bonds is 7. The summed E-state index contributed by atoms with van der Waals surface area (Å²) in [5, 5.41) is 1.14. The molecular formula is C43H31N3S. The maximum atomic E-state index is 5.17. The van der Waals surface area contributed by atoms with Crippen molar-refractivity contribution in [1.29, 1.82) is 0 Å². The summed E-state index contributed by atoms with van der Waals surface area (Å²) >= 11 is 1.79. The molecule has 0 unspecified atom stereocenters. The quantitative estimate of drug-likeness (QED) is 0.178. The van der Waals surface area contributed by atoms with Crippen LogP contribution in [0.5, 0.6) is 0 Å². The molecule has 0 N–H and O–H groups in total. The van der Waals surface area contributed by atoms with Gasteiger partial charge in [0.25, 0.3) is 0 Å². The zero-order valence-electron chi connectivity index (χ0n) is 26.0. The summed E-state index contributed by atoms with van der Waals surface area (Å²) in [6.07, 6.45) is 8.38. The number of pyridine rings is 2. The lowest BCUT2D eigenvalue weighted by Gasteiger charge is -2.14. The lowest BCUT2D eigenvalue weighted by Crippen LogP contribution is -1.90. The fourth-order valence-electron chi connectivity index (χ4n) is 6.19. The predicted octanol–water partition coefficient (Wildman–Crippen LogP) is 11.7. The van der Waals surface area contributed by atoms with Gasteiger partial charge in [0, 0.05) is 41.5 Å². The molecular weight excluding hydrogens is 591 g/mol. The van der Waals surface area contributed by atoms with Crippen LogP contribution in [0.15, 0.2) is 158 Å². The molecule has 3 nitrogen and oxygen atoms in total. The van der Waals surface area contributed by atoms with Gasteiger partial charge >= 0.3 is 0 Å². The maximum absolute atomic E-state index is 5.17. The summed E-state index contributed by atoms with van der Waals surface area (Å²) < 4.78 is 1.19. The topological polar surface area (TPSA) is 38.7 Å². The lowest BCUT2D eigenvalue weighted by atomic mass is 9.90. The Labute approximate surface area is 278 Å². The average molecular weight is 622 g/mol. The van der Waals surface area contributed by atoms with Crippen molar-refractivity contribution < 1.29 is 0 Å². The van der Waals surface area contributed by atoms with Gasteiger partial charge in [-0.2, -0.15) is 0 Å². The molecule has 47 heavy (non-hydrogen) atoms. The van der Waals surface area contributed by atoms with Gasteiger partial charge < -0.3 is 0 Å². The highest BCUT2D eigenvalue weighted by Gasteiger charge is 2.17. The van der Waals surface area contributed by atoms with E-state index in [0.29, 0.717) is 0 Å². The van der Waals surface area contributed by atoms with Crippen molar-refractivity contribution in [2.45, 2.75) is 13.3 Å². The lowest BCUT2D eigenvalue weighted by molar-refractivity contribution is 1.11. The number of fused-ring (bicyclic) bond motifs is 1. The Morgan fingerprint density at radius 1 is 0.447 bits per heavy atom. The van der Waals surface area contributed by atoms with Crippen LogP contribution in [0, 0.1) is 0 Å². The molecule has 4 heteroatoms. The Morgan fingerprint density at radius 2 is 0.894 bits per heavy atom. The molecule has 8 rings (SSSR count). The maximum Gasteiger partial charge on any atom is 0.0936 e. The molecule has 0 aliphatic heterocycles. The zero-order chi connectivity index (χ0) is 31.6. The molecule has 0 aliphatic carbocycles. The molecule has 224 valence electrons. The Hall–Kier alpha value is -5.71. The molecule has 0 amide bonds. The number of hydrogen-bond donors (Lipinski definition) is 0. The van der Waals surface area contributed by atoms with Crippen molar-refractivity contribution in [2.24, 2.45) is 0 Å². The van der Waals surface area contributed by atoms with E-state index < -0.39 is 0 Å². The van der Waals surface area contributed by atoms with E-state index in [-0.39, 0.29) is 0 Å². The standard InChI is InChI=1S/C43H31N3S/c1-2-42-46-43-40(39-23-35(31-15-9-17-44-27-31)22-36(24-39)32-16-10-18-45-28-32)25-38(26-41(43)47-42)37-20-33(29-11-5-3-6-12-29)19-34(21-37)30-13-7-4-8-14-30/h3-28H,2H2,1H3. The van der Waals surface area contributed by atoms with E-state index in [4.69, 9.17) is 4.98 Å². The number of nitrogens with zero attached hydrogens (tertiary/aromatic N) is 3. The molecule has 0 atom stereocenters. The molecule has 3 heterocycles. The van der Waals surface area contributed by atoms with Crippen molar-refractivity contribution in [1.82, 2.24) is 15.0 Å². The van der Waals surface area contributed by atoms with Gasteiger partial charge in [0.2, 0.25) is 0 Å². The summed E-state index contributed by atoms with van der Waals surface area (Å²) in [6.45, 7) is 2.18. The third-order valence-electron chi connectivity index (χ3n) is 8.56. The van der Waals surface area contributed by atoms with Crippen LogP contribution in [0.1, 0.15) is 11.9 Å².